The molecule has 1 amide bonds. The van der Waals surface area contributed by atoms with Crippen molar-refractivity contribution >= 4 is 11.7 Å². The summed E-state index contributed by atoms with van der Waals surface area (Å²) in [6, 6.07) is 4.09. The number of anilines is 1. The normalized spacial score (nSPS) is 18.6. The number of nitrogens with zero attached hydrogens (tertiary/aromatic N) is 3. The van der Waals surface area contributed by atoms with E-state index in [0.717, 1.165) is 18.9 Å². The number of likely N-dealkylation sites (N-methyl/N-ethyl adjacent to an activating group) is 1. The van der Waals surface area contributed by atoms with Gasteiger partial charge in [-0.2, -0.15) is 0 Å². The molecule has 0 aliphatic carbocycles. The minimum atomic E-state index is -0.172. The first-order valence-electron chi connectivity index (χ1n) is 6.79. The third kappa shape index (κ3) is 3.20. The van der Waals surface area contributed by atoms with Gasteiger partial charge in [0.25, 0.3) is 5.91 Å². The van der Waals surface area contributed by atoms with Crippen LogP contribution in [0, 0.1) is 0 Å². The zero-order chi connectivity index (χ0) is 13.7. The van der Waals surface area contributed by atoms with Gasteiger partial charge in [-0.1, -0.05) is 0 Å². The molecule has 1 unspecified atom stereocenters. The summed E-state index contributed by atoms with van der Waals surface area (Å²) in [4.78, 5) is 13.9. The molecular formula is C13H21N5O. The predicted octanol–water partition coefficient (Wildman–Crippen LogP) is 0.415. The van der Waals surface area contributed by atoms with Gasteiger partial charge in [0, 0.05) is 25.7 Å². The van der Waals surface area contributed by atoms with Crippen molar-refractivity contribution in [1.82, 2.24) is 20.8 Å². The molecule has 0 saturated carbocycles. The molecule has 6 heteroatoms. The maximum atomic E-state index is 11.6. The highest BCUT2D eigenvalue weighted by Gasteiger charge is 2.25. The molecule has 104 valence electrons. The number of amides is 1. The van der Waals surface area contributed by atoms with E-state index in [9.17, 15) is 4.79 Å². The maximum absolute atomic E-state index is 11.6. The number of hydrogen-bond acceptors (Lipinski definition) is 5. The van der Waals surface area contributed by atoms with Gasteiger partial charge in [-0.15, -0.1) is 10.2 Å². The number of nitrogens with one attached hydrogen (secondary N) is 2. The summed E-state index contributed by atoms with van der Waals surface area (Å²) in [7, 11) is 1.96. The molecule has 1 aromatic heterocycles. The minimum absolute atomic E-state index is 0.172. The Morgan fingerprint density at radius 3 is 2.95 bits per heavy atom. The molecule has 0 radical (unpaired) electrons. The van der Waals surface area contributed by atoms with E-state index in [1.807, 2.05) is 20.0 Å². The van der Waals surface area contributed by atoms with Crippen molar-refractivity contribution in [2.75, 3.05) is 31.6 Å². The zero-order valence-corrected chi connectivity index (χ0v) is 11.5. The van der Waals surface area contributed by atoms with Crippen LogP contribution in [0.1, 0.15) is 30.3 Å². The molecule has 1 atom stereocenters. The Kier molecular flexibility index (Phi) is 4.68. The third-order valence-electron chi connectivity index (χ3n) is 3.33. The lowest BCUT2D eigenvalue weighted by atomic mass is 10.2. The van der Waals surface area contributed by atoms with Gasteiger partial charge in [0.05, 0.1) is 0 Å². The average Bonchev–Trinajstić information content (AvgIpc) is 2.88. The van der Waals surface area contributed by atoms with Crippen LogP contribution in [0.2, 0.25) is 0 Å². The van der Waals surface area contributed by atoms with E-state index >= 15 is 0 Å². The second-order valence-electron chi connectivity index (χ2n) is 4.68. The van der Waals surface area contributed by atoms with Gasteiger partial charge in [-0.3, -0.25) is 4.79 Å². The van der Waals surface area contributed by atoms with Crippen LogP contribution in [0.15, 0.2) is 12.1 Å². The van der Waals surface area contributed by atoms with Crippen LogP contribution in [-0.4, -0.2) is 48.8 Å². The highest BCUT2D eigenvalue weighted by Crippen LogP contribution is 2.22. The van der Waals surface area contributed by atoms with Crippen LogP contribution in [0.3, 0.4) is 0 Å². The Morgan fingerprint density at radius 1 is 1.47 bits per heavy atom. The molecule has 2 rings (SSSR count). The SMILES string of the molecule is CCNC(=O)c1ccc(N2CCCC2CNC)nn1. The molecule has 19 heavy (non-hydrogen) atoms. The molecule has 2 heterocycles. The summed E-state index contributed by atoms with van der Waals surface area (Å²) in [6.07, 6.45) is 2.34. The van der Waals surface area contributed by atoms with Crippen molar-refractivity contribution in [2.45, 2.75) is 25.8 Å². The van der Waals surface area contributed by atoms with E-state index in [1.54, 1.807) is 6.07 Å². The highest BCUT2D eigenvalue weighted by atomic mass is 16.1. The van der Waals surface area contributed by atoms with Gasteiger partial charge in [0.1, 0.15) is 0 Å². The first-order chi connectivity index (χ1) is 9.26. The van der Waals surface area contributed by atoms with Crippen LogP contribution in [0.25, 0.3) is 0 Å². The van der Waals surface area contributed by atoms with Crippen molar-refractivity contribution in [3.8, 4) is 0 Å². The lowest BCUT2D eigenvalue weighted by Gasteiger charge is -2.24. The van der Waals surface area contributed by atoms with Crippen molar-refractivity contribution in [2.24, 2.45) is 0 Å². The number of rotatable bonds is 5. The summed E-state index contributed by atoms with van der Waals surface area (Å²) >= 11 is 0. The second-order valence-corrected chi connectivity index (χ2v) is 4.68. The first kappa shape index (κ1) is 13.7. The molecule has 1 aliphatic rings. The van der Waals surface area contributed by atoms with E-state index in [4.69, 9.17) is 0 Å². The van der Waals surface area contributed by atoms with E-state index in [2.05, 4.69) is 25.7 Å². The standard InChI is InChI=1S/C13H21N5O/c1-3-15-13(19)11-6-7-12(17-16-11)18-8-4-5-10(18)9-14-2/h6-7,10,14H,3-5,8-9H2,1-2H3,(H,15,19). The van der Waals surface area contributed by atoms with Crippen molar-refractivity contribution in [1.29, 1.82) is 0 Å². The summed E-state index contributed by atoms with van der Waals surface area (Å²) < 4.78 is 0. The fourth-order valence-corrected chi connectivity index (χ4v) is 2.44. The molecule has 1 aromatic rings. The van der Waals surface area contributed by atoms with Crippen molar-refractivity contribution in [3.63, 3.8) is 0 Å². The van der Waals surface area contributed by atoms with Crippen LogP contribution in [-0.2, 0) is 0 Å². The van der Waals surface area contributed by atoms with E-state index < -0.39 is 0 Å². The summed E-state index contributed by atoms with van der Waals surface area (Å²) in [5.74, 6) is 0.681. The second kappa shape index (κ2) is 6.47. The third-order valence-corrected chi connectivity index (χ3v) is 3.33. The fraction of sp³-hybridized carbons (Fsp3) is 0.615. The van der Waals surface area contributed by atoms with Gasteiger partial charge in [-0.05, 0) is 38.9 Å². The van der Waals surface area contributed by atoms with Gasteiger partial charge in [0.2, 0.25) is 0 Å². The Labute approximate surface area is 113 Å². The van der Waals surface area contributed by atoms with Gasteiger partial charge < -0.3 is 15.5 Å². The van der Waals surface area contributed by atoms with Crippen LogP contribution < -0.4 is 15.5 Å². The average molecular weight is 263 g/mol. The molecule has 0 spiro atoms. The number of hydrogen-bond donors (Lipinski definition) is 2. The molecular weight excluding hydrogens is 242 g/mol. The van der Waals surface area contributed by atoms with Crippen LogP contribution >= 0.6 is 0 Å². The predicted molar refractivity (Wildman–Crippen MR) is 74.3 cm³/mol. The van der Waals surface area contributed by atoms with E-state index in [-0.39, 0.29) is 5.91 Å². The molecule has 0 bridgehead atoms. The molecule has 1 saturated heterocycles. The summed E-state index contributed by atoms with van der Waals surface area (Å²) in [5, 5.41) is 14.1. The maximum Gasteiger partial charge on any atom is 0.271 e. The molecule has 1 fully saturated rings. The quantitative estimate of drug-likeness (QED) is 0.805. The first-order valence-corrected chi connectivity index (χ1v) is 6.79. The van der Waals surface area contributed by atoms with E-state index in [0.29, 0.717) is 18.3 Å². The Morgan fingerprint density at radius 2 is 2.32 bits per heavy atom. The van der Waals surface area contributed by atoms with Gasteiger partial charge in [0.15, 0.2) is 11.5 Å². The zero-order valence-electron chi connectivity index (χ0n) is 11.5. The summed E-state index contributed by atoms with van der Waals surface area (Å²) in [5.41, 5.74) is 0.370. The topological polar surface area (TPSA) is 70.2 Å². The monoisotopic (exact) mass is 263 g/mol. The Balaban J connectivity index is 2.07. The minimum Gasteiger partial charge on any atom is -0.351 e. The van der Waals surface area contributed by atoms with Crippen LogP contribution in [0.4, 0.5) is 5.82 Å². The van der Waals surface area contributed by atoms with Crippen molar-refractivity contribution in [3.05, 3.63) is 17.8 Å². The smallest absolute Gasteiger partial charge is 0.271 e. The van der Waals surface area contributed by atoms with Gasteiger partial charge >= 0.3 is 0 Å². The number of carbonyl (C=O) groups excluding carboxylic acids is 1. The highest BCUT2D eigenvalue weighted by molar-refractivity contribution is 5.92. The Bertz CT molecular complexity index is 420. The number of aromatic nitrogens is 2. The van der Waals surface area contributed by atoms with Crippen LogP contribution in [0.5, 0.6) is 0 Å². The molecule has 6 nitrogen and oxygen atoms in total. The lowest BCUT2D eigenvalue weighted by Crippen LogP contribution is -2.37. The van der Waals surface area contributed by atoms with Crippen molar-refractivity contribution < 1.29 is 4.79 Å². The largest absolute Gasteiger partial charge is 0.351 e. The fourth-order valence-electron chi connectivity index (χ4n) is 2.44. The molecule has 0 aromatic carbocycles. The Hall–Kier alpha value is -1.69. The molecule has 1 aliphatic heterocycles. The summed E-state index contributed by atoms with van der Waals surface area (Å²) in [6.45, 7) is 4.42. The lowest BCUT2D eigenvalue weighted by molar-refractivity contribution is 0.0950. The number of carbonyl (C=O) groups is 1. The van der Waals surface area contributed by atoms with Gasteiger partial charge in [-0.25, -0.2) is 0 Å². The molecule has 2 N–H and O–H groups in total. The van der Waals surface area contributed by atoms with E-state index in [1.165, 1.54) is 12.8 Å².